The molecule has 6 nitrogen and oxygen atoms in total. The van der Waals surface area contributed by atoms with Gasteiger partial charge in [-0.1, -0.05) is 42.5 Å². The summed E-state index contributed by atoms with van der Waals surface area (Å²) in [6.45, 7) is 1.03. The van der Waals surface area contributed by atoms with Gasteiger partial charge in [-0.05, 0) is 25.0 Å². The van der Waals surface area contributed by atoms with E-state index < -0.39 is 0 Å². The minimum atomic E-state index is -0.195. The van der Waals surface area contributed by atoms with Crippen LogP contribution in [0.4, 0.5) is 5.69 Å². The molecule has 1 amide bonds. The topological polar surface area (TPSA) is 75.6 Å². The van der Waals surface area contributed by atoms with Crippen LogP contribution in [0.2, 0.25) is 0 Å². The van der Waals surface area contributed by atoms with Gasteiger partial charge in [0.2, 0.25) is 0 Å². The lowest BCUT2D eigenvalue weighted by Gasteiger charge is -2.11. The molecule has 2 aromatic carbocycles. The van der Waals surface area contributed by atoms with Crippen LogP contribution in [-0.4, -0.2) is 25.7 Å². The van der Waals surface area contributed by atoms with Gasteiger partial charge in [-0.15, -0.1) is 0 Å². The molecule has 0 spiro atoms. The van der Waals surface area contributed by atoms with E-state index in [1.807, 2.05) is 54.6 Å². The van der Waals surface area contributed by atoms with Crippen molar-refractivity contribution >= 4 is 11.6 Å². The molecule has 0 bridgehead atoms. The van der Waals surface area contributed by atoms with Gasteiger partial charge in [-0.25, -0.2) is 4.98 Å². The van der Waals surface area contributed by atoms with Crippen LogP contribution in [0.15, 0.2) is 67.0 Å². The smallest absolute Gasteiger partial charge is 0.259 e. The highest BCUT2D eigenvalue weighted by atomic mass is 16.1. The van der Waals surface area contributed by atoms with Gasteiger partial charge in [-0.3, -0.25) is 9.89 Å². The van der Waals surface area contributed by atoms with Crippen LogP contribution in [0, 0.1) is 0 Å². The maximum atomic E-state index is 12.9. The molecule has 0 unspecified atom stereocenters. The molecule has 0 aliphatic carbocycles. The lowest BCUT2D eigenvalue weighted by molar-refractivity contribution is 0.102. The Balaban J connectivity index is 1.39. The molecule has 144 valence electrons. The molecule has 0 radical (unpaired) electrons. The first kappa shape index (κ1) is 17.4. The number of H-pyrrole nitrogens is 1. The largest absolute Gasteiger partial charge is 0.334 e. The molecule has 0 fully saturated rings. The molecular formula is C23H21N5O. The minimum absolute atomic E-state index is 0.195. The van der Waals surface area contributed by atoms with Crippen molar-refractivity contribution in [3.8, 4) is 22.5 Å². The summed E-state index contributed by atoms with van der Waals surface area (Å²) < 4.78 is 2.24. The van der Waals surface area contributed by atoms with Gasteiger partial charge in [0, 0.05) is 36.0 Å². The summed E-state index contributed by atoms with van der Waals surface area (Å²) in [5.41, 5.74) is 4.83. The SMILES string of the molecule is O=C(Nc1cccc(-c2cn3c(n2)CCCC3)c1)c1cn[nH]c1-c1ccccc1. The summed E-state index contributed by atoms with van der Waals surface area (Å²) in [4.78, 5) is 17.7. The van der Waals surface area contributed by atoms with E-state index in [-0.39, 0.29) is 5.91 Å². The van der Waals surface area contributed by atoms with E-state index in [1.54, 1.807) is 6.20 Å². The van der Waals surface area contributed by atoms with Gasteiger partial charge in [0.05, 0.1) is 23.1 Å². The number of rotatable bonds is 4. The first-order valence-corrected chi connectivity index (χ1v) is 9.84. The van der Waals surface area contributed by atoms with Crippen molar-refractivity contribution in [3.63, 3.8) is 0 Å². The van der Waals surface area contributed by atoms with Crippen molar-refractivity contribution in [2.24, 2.45) is 0 Å². The number of carbonyl (C=O) groups is 1. The Morgan fingerprint density at radius 2 is 1.90 bits per heavy atom. The first-order valence-electron chi connectivity index (χ1n) is 9.84. The Morgan fingerprint density at radius 1 is 1.03 bits per heavy atom. The van der Waals surface area contributed by atoms with Crippen LogP contribution >= 0.6 is 0 Å². The van der Waals surface area contributed by atoms with Crippen molar-refractivity contribution in [3.05, 3.63) is 78.4 Å². The number of aromatic nitrogens is 4. The van der Waals surface area contributed by atoms with Gasteiger partial charge in [-0.2, -0.15) is 5.10 Å². The Morgan fingerprint density at radius 3 is 2.76 bits per heavy atom. The number of anilines is 1. The summed E-state index contributed by atoms with van der Waals surface area (Å²) in [6.07, 6.45) is 7.09. The average Bonchev–Trinajstić information content (AvgIpc) is 3.42. The predicted octanol–water partition coefficient (Wildman–Crippen LogP) is 4.53. The van der Waals surface area contributed by atoms with E-state index in [0.29, 0.717) is 11.3 Å². The number of benzene rings is 2. The van der Waals surface area contributed by atoms with Crippen LogP contribution in [0.25, 0.3) is 22.5 Å². The highest BCUT2D eigenvalue weighted by Crippen LogP contribution is 2.26. The molecule has 0 saturated carbocycles. The first-order chi connectivity index (χ1) is 14.3. The minimum Gasteiger partial charge on any atom is -0.334 e. The molecule has 6 heteroatoms. The molecule has 2 aromatic heterocycles. The van der Waals surface area contributed by atoms with Crippen molar-refractivity contribution in [1.29, 1.82) is 0 Å². The van der Waals surface area contributed by atoms with E-state index in [2.05, 4.69) is 26.3 Å². The third-order valence-electron chi connectivity index (χ3n) is 5.27. The summed E-state index contributed by atoms with van der Waals surface area (Å²) in [6, 6.07) is 17.5. The van der Waals surface area contributed by atoms with Crippen LogP contribution in [0.5, 0.6) is 0 Å². The second-order valence-corrected chi connectivity index (χ2v) is 7.25. The second kappa shape index (κ2) is 7.39. The molecule has 1 aliphatic heterocycles. The van der Waals surface area contributed by atoms with Gasteiger partial charge in [0.15, 0.2) is 0 Å². The molecule has 0 saturated heterocycles. The van der Waals surface area contributed by atoms with E-state index in [4.69, 9.17) is 4.98 Å². The number of aryl methyl sites for hydroxylation is 2. The number of aromatic amines is 1. The van der Waals surface area contributed by atoms with Crippen LogP contribution < -0.4 is 5.32 Å². The molecule has 5 rings (SSSR count). The fourth-order valence-electron chi connectivity index (χ4n) is 3.79. The van der Waals surface area contributed by atoms with E-state index >= 15 is 0 Å². The number of nitrogens with zero attached hydrogens (tertiary/aromatic N) is 3. The number of amides is 1. The quantitative estimate of drug-likeness (QED) is 0.544. The molecule has 29 heavy (non-hydrogen) atoms. The van der Waals surface area contributed by atoms with Crippen LogP contribution in [0.1, 0.15) is 29.0 Å². The van der Waals surface area contributed by atoms with E-state index in [0.717, 1.165) is 41.3 Å². The molecule has 3 heterocycles. The number of imidazole rings is 1. The summed E-state index contributed by atoms with van der Waals surface area (Å²) in [5.74, 6) is 0.950. The Kier molecular flexibility index (Phi) is 4.44. The third-order valence-corrected chi connectivity index (χ3v) is 5.27. The molecule has 1 aliphatic rings. The maximum absolute atomic E-state index is 12.9. The number of carbonyl (C=O) groups excluding carboxylic acids is 1. The van der Waals surface area contributed by atoms with Crippen LogP contribution in [-0.2, 0) is 13.0 Å². The van der Waals surface area contributed by atoms with Gasteiger partial charge >= 0.3 is 0 Å². The summed E-state index contributed by atoms with van der Waals surface area (Å²) >= 11 is 0. The zero-order chi connectivity index (χ0) is 19.6. The summed E-state index contributed by atoms with van der Waals surface area (Å²) in [7, 11) is 0. The Hall–Kier alpha value is -3.67. The second-order valence-electron chi connectivity index (χ2n) is 7.25. The monoisotopic (exact) mass is 383 g/mol. The highest BCUT2D eigenvalue weighted by molar-refractivity contribution is 6.08. The molecule has 0 atom stereocenters. The molecule has 2 N–H and O–H groups in total. The number of nitrogens with one attached hydrogen (secondary N) is 2. The summed E-state index contributed by atoms with van der Waals surface area (Å²) in [5, 5.41) is 9.99. The number of hydrogen-bond donors (Lipinski definition) is 2. The average molecular weight is 383 g/mol. The van der Waals surface area contributed by atoms with E-state index in [1.165, 1.54) is 12.8 Å². The lowest BCUT2D eigenvalue weighted by Crippen LogP contribution is -2.12. The lowest BCUT2D eigenvalue weighted by atomic mass is 10.1. The van der Waals surface area contributed by atoms with Crippen molar-refractivity contribution < 1.29 is 4.79 Å². The van der Waals surface area contributed by atoms with Gasteiger partial charge in [0.1, 0.15) is 5.82 Å². The fraction of sp³-hybridized carbons (Fsp3) is 0.174. The normalized spacial score (nSPS) is 13.1. The number of hydrogen-bond acceptors (Lipinski definition) is 3. The Labute approximate surface area is 168 Å². The van der Waals surface area contributed by atoms with Crippen LogP contribution in [0.3, 0.4) is 0 Å². The molecular weight excluding hydrogens is 362 g/mol. The zero-order valence-corrected chi connectivity index (χ0v) is 15.9. The third kappa shape index (κ3) is 3.45. The van der Waals surface area contributed by atoms with Crippen molar-refractivity contribution in [2.45, 2.75) is 25.8 Å². The number of fused-ring (bicyclic) bond motifs is 1. The van der Waals surface area contributed by atoms with Crippen molar-refractivity contribution in [1.82, 2.24) is 19.7 Å². The maximum Gasteiger partial charge on any atom is 0.259 e. The van der Waals surface area contributed by atoms with Crippen molar-refractivity contribution in [2.75, 3.05) is 5.32 Å². The standard InChI is InChI=1S/C23H21N5O/c29-23(19-14-24-27-22(19)16-7-2-1-3-8-16)25-18-10-6-9-17(13-18)20-15-28-12-5-4-11-21(28)26-20/h1-3,6-10,13-15H,4-5,11-12H2,(H,24,27)(H,25,29). The van der Waals surface area contributed by atoms with E-state index in [9.17, 15) is 4.79 Å². The molecule has 4 aromatic rings. The zero-order valence-electron chi connectivity index (χ0n) is 15.9. The fourth-order valence-corrected chi connectivity index (χ4v) is 3.79. The highest BCUT2D eigenvalue weighted by Gasteiger charge is 2.17. The van der Waals surface area contributed by atoms with Gasteiger partial charge < -0.3 is 9.88 Å². The van der Waals surface area contributed by atoms with Gasteiger partial charge in [0.25, 0.3) is 5.91 Å². The Bertz CT molecular complexity index is 1140. The predicted molar refractivity (Wildman–Crippen MR) is 113 cm³/mol.